The summed E-state index contributed by atoms with van der Waals surface area (Å²) in [5.41, 5.74) is 1.82. The number of nitrogens with one attached hydrogen (secondary N) is 1. The van der Waals surface area contributed by atoms with Crippen LogP contribution in [0.3, 0.4) is 0 Å². The van der Waals surface area contributed by atoms with Gasteiger partial charge in [0.05, 0.1) is 34.1 Å². The third-order valence-electron chi connectivity index (χ3n) is 4.98. The van der Waals surface area contributed by atoms with Gasteiger partial charge in [0.2, 0.25) is 0 Å². The lowest BCUT2D eigenvalue weighted by molar-refractivity contribution is 0.355. The van der Waals surface area contributed by atoms with Gasteiger partial charge in [0.25, 0.3) is 0 Å². The fourth-order valence-electron chi connectivity index (χ4n) is 3.82. The number of anilines is 1. The first-order chi connectivity index (χ1) is 12.6. The summed E-state index contributed by atoms with van der Waals surface area (Å²) in [6.45, 7) is 0.740. The van der Waals surface area contributed by atoms with Crippen LogP contribution in [-0.2, 0) is 6.42 Å². The van der Waals surface area contributed by atoms with Crippen LogP contribution in [0.2, 0.25) is 0 Å². The van der Waals surface area contributed by atoms with Crippen molar-refractivity contribution >= 4 is 27.2 Å². The number of methoxy groups -OCH3 is 4. The van der Waals surface area contributed by atoms with Gasteiger partial charge in [-0.1, -0.05) is 0 Å². The molecule has 0 unspecified atom stereocenters. The van der Waals surface area contributed by atoms with E-state index in [1.54, 1.807) is 34.5 Å². The van der Waals surface area contributed by atoms with Gasteiger partial charge in [-0.2, -0.15) is 0 Å². The van der Waals surface area contributed by atoms with Crippen molar-refractivity contribution in [2.75, 3.05) is 40.3 Å². The zero-order valence-electron chi connectivity index (χ0n) is 15.2. The van der Waals surface area contributed by atoms with Crippen LogP contribution in [-0.4, -0.2) is 40.1 Å². The number of aromatic hydroxyl groups is 1. The highest BCUT2D eigenvalue weighted by molar-refractivity contribution is 6.21. The molecule has 0 amide bonds. The van der Waals surface area contributed by atoms with E-state index < -0.39 is 0 Å². The third kappa shape index (κ3) is 2.11. The molecule has 1 aliphatic heterocycles. The Morgan fingerprint density at radius 3 is 2.08 bits per heavy atom. The van der Waals surface area contributed by atoms with Crippen molar-refractivity contribution in [2.24, 2.45) is 0 Å². The molecule has 0 saturated carbocycles. The van der Waals surface area contributed by atoms with Crippen LogP contribution in [0.25, 0.3) is 21.5 Å². The molecule has 2 N–H and O–H groups in total. The monoisotopic (exact) mass is 355 g/mol. The molecule has 0 saturated heterocycles. The third-order valence-corrected chi connectivity index (χ3v) is 4.98. The Hall–Kier alpha value is -3.02. The smallest absolute Gasteiger partial charge is 0.169 e. The van der Waals surface area contributed by atoms with Crippen molar-refractivity contribution < 1.29 is 24.1 Å². The van der Waals surface area contributed by atoms with Crippen LogP contribution >= 0.6 is 0 Å². The maximum atomic E-state index is 10.9. The summed E-state index contributed by atoms with van der Waals surface area (Å²) in [7, 11) is 6.42. The molecule has 0 aromatic heterocycles. The van der Waals surface area contributed by atoms with Crippen molar-refractivity contribution in [1.29, 1.82) is 0 Å². The molecule has 3 aromatic rings. The molecule has 0 spiro atoms. The molecule has 3 aromatic carbocycles. The lowest BCUT2D eigenvalue weighted by Crippen LogP contribution is -2.13. The Morgan fingerprint density at radius 1 is 0.808 bits per heavy atom. The minimum atomic E-state index is 0.196. The summed E-state index contributed by atoms with van der Waals surface area (Å²) in [6, 6.07) is 5.64. The average Bonchev–Trinajstić information content (AvgIpc) is 2.69. The second-order valence-electron chi connectivity index (χ2n) is 6.17. The van der Waals surface area contributed by atoms with Crippen molar-refractivity contribution in [1.82, 2.24) is 0 Å². The molecule has 26 heavy (non-hydrogen) atoms. The number of hydrogen-bond acceptors (Lipinski definition) is 6. The SMILES string of the molecule is COc1cc2c(O)c3c4c(cc(OC)c(OC)c4c2cc1OC)CCN3. The van der Waals surface area contributed by atoms with Crippen LogP contribution in [0.1, 0.15) is 5.56 Å². The molecule has 6 nitrogen and oxygen atoms in total. The van der Waals surface area contributed by atoms with Crippen LogP contribution in [0.4, 0.5) is 5.69 Å². The molecule has 1 aliphatic rings. The van der Waals surface area contributed by atoms with E-state index in [4.69, 9.17) is 18.9 Å². The van der Waals surface area contributed by atoms with Gasteiger partial charge in [0.1, 0.15) is 5.75 Å². The predicted octanol–water partition coefficient (Wildman–Crippen LogP) is 3.70. The molecule has 0 radical (unpaired) electrons. The minimum absolute atomic E-state index is 0.196. The molecule has 136 valence electrons. The summed E-state index contributed by atoms with van der Waals surface area (Å²) >= 11 is 0. The highest BCUT2D eigenvalue weighted by Crippen LogP contribution is 2.52. The van der Waals surface area contributed by atoms with Gasteiger partial charge in [-0.05, 0) is 30.2 Å². The number of phenols is 1. The minimum Gasteiger partial charge on any atom is -0.505 e. The van der Waals surface area contributed by atoms with Crippen LogP contribution in [0, 0.1) is 0 Å². The van der Waals surface area contributed by atoms with Gasteiger partial charge in [-0.3, -0.25) is 0 Å². The van der Waals surface area contributed by atoms with Gasteiger partial charge in [-0.15, -0.1) is 0 Å². The zero-order chi connectivity index (χ0) is 18.4. The molecule has 6 heteroatoms. The van der Waals surface area contributed by atoms with Gasteiger partial charge >= 0.3 is 0 Å². The summed E-state index contributed by atoms with van der Waals surface area (Å²) in [4.78, 5) is 0. The lowest BCUT2D eigenvalue weighted by Gasteiger charge is -2.25. The predicted molar refractivity (Wildman–Crippen MR) is 102 cm³/mol. The van der Waals surface area contributed by atoms with Crippen molar-refractivity contribution in [3.05, 3.63) is 23.8 Å². The number of fused-ring (bicyclic) bond motifs is 2. The van der Waals surface area contributed by atoms with Gasteiger partial charge in [0, 0.05) is 28.1 Å². The number of hydrogen-bond donors (Lipinski definition) is 2. The Labute approximate surface area is 151 Å². The standard InChI is InChI=1S/C20H21NO5/c1-23-13-8-11-12(9-14(13)24-2)19(22)18-16-10(5-6-21-18)7-15(25-3)20(26-4)17(11)16/h7-9,21-22H,5-6H2,1-4H3. The van der Waals surface area contributed by atoms with Crippen molar-refractivity contribution in [2.45, 2.75) is 6.42 Å². The Morgan fingerprint density at radius 2 is 1.46 bits per heavy atom. The van der Waals surface area contributed by atoms with Crippen LogP contribution < -0.4 is 24.3 Å². The zero-order valence-corrected chi connectivity index (χ0v) is 15.2. The Balaban J connectivity index is 2.29. The Bertz CT molecular complexity index is 1030. The van der Waals surface area contributed by atoms with E-state index >= 15 is 0 Å². The highest BCUT2D eigenvalue weighted by Gasteiger charge is 2.26. The highest BCUT2D eigenvalue weighted by atomic mass is 16.5. The first-order valence-corrected chi connectivity index (χ1v) is 8.36. The maximum absolute atomic E-state index is 10.9. The van der Waals surface area contributed by atoms with E-state index in [0.29, 0.717) is 34.1 Å². The molecule has 4 rings (SSSR count). The molecular formula is C20H21NO5. The number of phenolic OH excluding ortho intramolecular Hbond substituents is 1. The van der Waals surface area contributed by atoms with E-state index in [2.05, 4.69) is 5.32 Å². The number of ether oxygens (including phenoxy) is 4. The van der Waals surface area contributed by atoms with E-state index in [-0.39, 0.29) is 5.75 Å². The van der Waals surface area contributed by atoms with Gasteiger partial charge in [-0.25, -0.2) is 0 Å². The summed E-state index contributed by atoms with van der Waals surface area (Å²) < 4.78 is 22.1. The molecular weight excluding hydrogens is 334 g/mol. The summed E-state index contributed by atoms with van der Waals surface area (Å²) in [5.74, 6) is 2.64. The van der Waals surface area contributed by atoms with E-state index in [0.717, 1.165) is 34.7 Å². The van der Waals surface area contributed by atoms with E-state index in [1.807, 2.05) is 12.1 Å². The average molecular weight is 355 g/mol. The van der Waals surface area contributed by atoms with Crippen LogP contribution in [0.15, 0.2) is 18.2 Å². The lowest BCUT2D eigenvalue weighted by atomic mass is 9.91. The first kappa shape index (κ1) is 16.4. The number of benzene rings is 3. The van der Waals surface area contributed by atoms with E-state index in [9.17, 15) is 5.11 Å². The molecule has 0 aliphatic carbocycles. The molecule has 0 fully saturated rings. The van der Waals surface area contributed by atoms with Crippen molar-refractivity contribution in [3.8, 4) is 28.7 Å². The fourth-order valence-corrected chi connectivity index (χ4v) is 3.82. The van der Waals surface area contributed by atoms with Gasteiger partial charge in [0.15, 0.2) is 23.0 Å². The molecule has 1 heterocycles. The summed E-state index contributed by atoms with van der Waals surface area (Å²) in [5, 5.41) is 17.6. The summed E-state index contributed by atoms with van der Waals surface area (Å²) in [6.07, 6.45) is 0.835. The number of rotatable bonds is 4. The normalized spacial score (nSPS) is 12.8. The molecule has 0 bridgehead atoms. The van der Waals surface area contributed by atoms with Crippen molar-refractivity contribution in [3.63, 3.8) is 0 Å². The quantitative estimate of drug-likeness (QED) is 0.549. The second-order valence-corrected chi connectivity index (χ2v) is 6.17. The fraction of sp³-hybridized carbons (Fsp3) is 0.300. The van der Waals surface area contributed by atoms with E-state index in [1.165, 1.54) is 0 Å². The molecule has 0 atom stereocenters. The maximum Gasteiger partial charge on any atom is 0.169 e. The second kappa shape index (κ2) is 6.05. The topological polar surface area (TPSA) is 69.2 Å². The van der Waals surface area contributed by atoms with Gasteiger partial charge < -0.3 is 29.4 Å². The first-order valence-electron chi connectivity index (χ1n) is 8.36. The Kier molecular flexibility index (Phi) is 3.83. The largest absolute Gasteiger partial charge is 0.505 e. The van der Waals surface area contributed by atoms with Crippen LogP contribution in [0.5, 0.6) is 28.7 Å².